The van der Waals surface area contributed by atoms with Gasteiger partial charge in [0.05, 0.1) is 18.0 Å². The van der Waals surface area contributed by atoms with Crippen molar-refractivity contribution in [1.29, 1.82) is 0 Å². The molecule has 150 valence electrons. The van der Waals surface area contributed by atoms with Gasteiger partial charge in [-0.2, -0.15) is 5.10 Å². The molecule has 4 aromatic rings. The summed E-state index contributed by atoms with van der Waals surface area (Å²) < 4.78 is 7.31. The molecular weight excluding hydrogens is 400 g/mol. The lowest BCUT2D eigenvalue weighted by atomic mass is 10.1. The molecule has 7 heteroatoms. The maximum Gasteiger partial charge on any atom is 0.274 e. The van der Waals surface area contributed by atoms with E-state index in [2.05, 4.69) is 10.1 Å². The highest BCUT2D eigenvalue weighted by Crippen LogP contribution is 2.33. The van der Waals surface area contributed by atoms with Gasteiger partial charge < -0.3 is 9.32 Å². The summed E-state index contributed by atoms with van der Waals surface area (Å²) in [6.45, 7) is 0.697. The van der Waals surface area contributed by atoms with Crippen molar-refractivity contribution in [3.63, 3.8) is 0 Å². The number of hydrogen-bond donors (Lipinski definition) is 0. The Morgan fingerprint density at radius 2 is 2.00 bits per heavy atom. The summed E-state index contributed by atoms with van der Waals surface area (Å²) in [5.74, 6) is 0.545. The van der Waals surface area contributed by atoms with Gasteiger partial charge in [0.2, 0.25) is 0 Å². The van der Waals surface area contributed by atoms with Gasteiger partial charge in [0.25, 0.3) is 5.91 Å². The van der Waals surface area contributed by atoms with Crippen LogP contribution in [0.5, 0.6) is 0 Å². The lowest BCUT2D eigenvalue weighted by molar-refractivity contribution is 0.0729. The minimum atomic E-state index is -0.0955. The molecule has 6 nitrogen and oxygen atoms in total. The first-order chi connectivity index (χ1) is 14.7. The third-order valence-electron chi connectivity index (χ3n) is 5.36. The molecule has 0 radical (unpaired) electrons. The average Bonchev–Trinajstić information content (AvgIpc) is 3.54. The van der Waals surface area contributed by atoms with E-state index in [1.807, 2.05) is 47.5 Å². The van der Waals surface area contributed by atoms with Gasteiger partial charge in [0.15, 0.2) is 11.5 Å². The summed E-state index contributed by atoms with van der Waals surface area (Å²) in [6, 6.07) is 16.7. The molecule has 1 atom stereocenters. The predicted molar refractivity (Wildman–Crippen MR) is 114 cm³/mol. The molecular formula is C23H19ClN4O2. The summed E-state index contributed by atoms with van der Waals surface area (Å²) in [6.07, 6.45) is 7.05. The summed E-state index contributed by atoms with van der Waals surface area (Å²) in [5, 5.41) is 5.28. The van der Waals surface area contributed by atoms with E-state index in [-0.39, 0.29) is 11.9 Å². The van der Waals surface area contributed by atoms with Crippen LogP contribution in [-0.2, 0) is 0 Å². The highest BCUT2D eigenvalue weighted by Gasteiger charge is 2.32. The van der Waals surface area contributed by atoms with Gasteiger partial charge >= 0.3 is 0 Å². The third-order valence-corrected chi connectivity index (χ3v) is 5.61. The fourth-order valence-electron chi connectivity index (χ4n) is 3.94. The number of rotatable bonds is 4. The molecule has 1 fully saturated rings. The fourth-order valence-corrected chi connectivity index (χ4v) is 4.07. The van der Waals surface area contributed by atoms with Crippen molar-refractivity contribution in [2.75, 3.05) is 6.54 Å². The molecule has 1 amide bonds. The normalized spacial score (nSPS) is 16.2. The lowest BCUT2D eigenvalue weighted by Gasteiger charge is -2.24. The Kier molecular flexibility index (Phi) is 4.85. The summed E-state index contributed by atoms with van der Waals surface area (Å²) in [4.78, 5) is 19.5. The largest absolute Gasteiger partial charge is 0.463 e. The zero-order chi connectivity index (χ0) is 20.5. The smallest absolute Gasteiger partial charge is 0.274 e. The van der Waals surface area contributed by atoms with Crippen molar-refractivity contribution in [2.45, 2.75) is 18.9 Å². The number of nitrogens with zero attached hydrogens (tertiary/aromatic N) is 4. The second-order valence-corrected chi connectivity index (χ2v) is 7.66. The van der Waals surface area contributed by atoms with E-state index in [1.54, 1.807) is 35.3 Å². The highest BCUT2D eigenvalue weighted by atomic mass is 35.5. The standard InChI is InChI=1S/C23H19ClN4O2/c24-17-7-9-18(10-8-17)28-21(22-6-3-13-30-22)14-19(26-28)23(29)27-12-2-5-20(27)16-4-1-11-25-15-16/h1,3-4,6-11,13-15,20H,2,5,12H2/t20-/m1/s1. The molecule has 5 rings (SSSR count). The molecule has 1 saturated heterocycles. The number of carbonyl (C=O) groups is 1. The van der Waals surface area contributed by atoms with Crippen LogP contribution in [0.2, 0.25) is 5.02 Å². The van der Waals surface area contributed by atoms with Gasteiger partial charge in [-0.3, -0.25) is 9.78 Å². The summed E-state index contributed by atoms with van der Waals surface area (Å²) in [7, 11) is 0. The molecule has 1 aliphatic rings. The van der Waals surface area contributed by atoms with Crippen LogP contribution < -0.4 is 0 Å². The number of furan rings is 1. The van der Waals surface area contributed by atoms with Crippen LogP contribution in [0.3, 0.4) is 0 Å². The highest BCUT2D eigenvalue weighted by molar-refractivity contribution is 6.30. The molecule has 0 N–H and O–H groups in total. The molecule has 0 aliphatic carbocycles. The van der Waals surface area contributed by atoms with E-state index in [4.69, 9.17) is 16.0 Å². The maximum absolute atomic E-state index is 13.4. The van der Waals surface area contributed by atoms with Gasteiger partial charge in [-0.25, -0.2) is 4.68 Å². The molecule has 0 spiro atoms. The number of aromatic nitrogens is 3. The van der Waals surface area contributed by atoms with E-state index in [1.165, 1.54) is 0 Å². The Hall–Kier alpha value is -3.38. The maximum atomic E-state index is 13.4. The van der Waals surface area contributed by atoms with Gasteiger partial charge in [-0.1, -0.05) is 17.7 Å². The van der Waals surface area contributed by atoms with E-state index in [0.717, 1.165) is 24.1 Å². The zero-order valence-electron chi connectivity index (χ0n) is 16.1. The molecule has 0 saturated carbocycles. The fraction of sp³-hybridized carbons (Fsp3) is 0.174. The second kappa shape index (κ2) is 7.80. The van der Waals surface area contributed by atoms with Gasteiger partial charge in [0.1, 0.15) is 5.69 Å². The zero-order valence-corrected chi connectivity index (χ0v) is 16.9. The third kappa shape index (κ3) is 3.39. The second-order valence-electron chi connectivity index (χ2n) is 7.22. The quantitative estimate of drug-likeness (QED) is 0.459. The molecule has 3 aromatic heterocycles. The first kappa shape index (κ1) is 18.6. The topological polar surface area (TPSA) is 64.2 Å². The van der Waals surface area contributed by atoms with Crippen LogP contribution in [0.4, 0.5) is 0 Å². The van der Waals surface area contributed by atoms with Crippen molar-refractivity contribution in [2.24, 2.45) is 0 Å². The van der Waals surface area contributed by atoms with Gasteiger partial charge in [-0.15, -0.1) is 0 Å². The van der Waals surface area contributed by atoms with Crippen molar-refractivity contribution in [1.82, 2.24) is 19.7 Å². The summed E-state index contributed by atoms with van der Waals surface area (Å²) >= 11 is 6.04. The minimum absolute atomic E-state index is 0.0129. The minimum Gasteiger partial charge on any atom is -0.463 e. The van der Waals surface area contributed by atoms with Crippen molar-refractivity contribution in [3.8, 4) is 17.1 Å². The number of hydrogen-bond acceptors (Lipinski definition) is 4. The molecule has 1 aliphatic heterocycles. The van der Waals surface area contributed by atoms with Crippen molar-refractivity contribution < 1.29 is 9.21 Å². The number of amides is 1. The van der Waals surface area contributed by atoms with Crippen LogP contribution in [0.25, 0.3) is 17.1 Å². The monoisotopic (exact) mass is 418 g/mol. The predicted octanol–water partition coefficient (Wildman–Crippen LogP) is 5.16. The first-order valence-corrected chi connectivity index (χ1v) is 10.2. The van der Waals surface area contributed by atoms with Crippen LogP contribution in [0, 0.1) is 0 Å². The van der Waals surface area contributed by atoms with Crippen LogP contribution in [0.1, 0.15) is 34.9 Å². The number of halogens is 1. The Bertz CT molecular complexity index is 1150. The number of likely N-dealkylation sites (tertiary alicyclic amines) is 1. The van der Waals surface area contributed by atoms with E-state index in [9.17, 15) is 4.79 Å². The first-order valence-electron chi connectivity index (χ1n) is 9.81. The number of benzene rings is 1. The summed E-state index contributed by atoms with van der Waals surface area (Å²) in [5.41, 5.74) is 2.94. The average molecular weight is 419 g/mol. The molecule has 0 bridgehead atoms. The molecule has 4 heterocycles. The Morgan fingerprint density at radius 3 is 2.73 bits per heavy atom. The van der Waals surface area contributed by atoms with Crippen LogP contribution >= 0.6 is 11.6 Å². The van der Waals surface area contributed by atoms with Crippen LogP contribution in [-0.4, -0.2) is 32.1 Å². The van der Waals surface area contributed by atoms with E-state index in [0.29, 0.717) is 28.7 Å². The number of carbonyl (C=O) groups excluding carboxylic acids is 1. The number of pyridine rings is 1. The van der Waals surface area contributed by atoms with Gasteiger partial charge in [-0.05, 0) is 60.9 Å². The molecule has 1 aromatic carbocycles. The Morgan fingerprint density at radius 1 is 1.13 bits per heavy atom. The molecule has 0 unspecified atom stereocenters. The van der Waals surface area contributed by atoms with E-state index < -0.39 is 0 Å². The van der Waals surface area contributed by atoms with Gasteiger partial charge in [0, 0.05) is 30.0 Å². The Balaban J connectivity index is 1.54. The van der Waals surface area contributed by atoms with Crippen molar-refractivity contribution in [3.05, 3.63) is 89.5 Å². The molecule has 30 heavy (non-hydrogen) atoms. The SMILES string of the molecule is O=C(c1cc(-c2ccco2)n(-c2ccc(Cl)cc2)n1)N1CCC[C@@H]1c1cccnc1. The van der Waals surface area contributed by atoms with E-state index >= 15 is 0 Å². The van der Waals surface area contributed by atoms with Crippen molar-refractivity contribution >= 4 is 17.5 Å². The lowest BCUT2D eigenvalue weighted by Crippen LogP contribution is -2.31. The van der Waals surface area contributed by atoms with Crippen LogP contribution in [0.15, 0.2) is 77.7 Å². The Labute approximate surface area is 178 Å².